The second kappa shape index (κ2) is 6.14. The van der Waals surface area contributed by atoms with Crippen LogP contribution in [0.4, 0.5) is 10.1 Å². The van der Waals surface area contributed by atoms with E-state index in [2.05, 4.69) is 5.32 Å². The van der Waals surface area contributed by atoms with Gasteiger partial charge in [0, 0.05) is 11.4 Å². The maximum atomic E-state index is 13.7. The van der Waals surface area contributed by atoms with Crippen molar-refractivity contribution in [2.45, 2.75) is 18.9 Å². The van der Waals surface area contributed by atoms with Crippen LogP contribution in [0.1, 0.15) is 12.5 Å². The van der Waals surface area contributed by atoms with Crippen LogP contribution < -0.4 is 5.32 Å². The van der Waals surface area contributed by atoms with Gasteiger partial charge < -0.3 is 10.4 Å². The average Bonchev–Trinajstić information content (AvgIpc) is 2.44. The number of carboxylic acid groups (broad SMARTS) is 1. The molecule has 0 aliphatic rings. The van der Waals surface area contributed by atoms with Gasteiger partial charge in [-0.25, -0.2) is 9.18 Å². The fraction of sp³-hybridized carbons (Fsp3) is 0.188. The van der Waals surface area contributed by atoms with Crippen molar-refractivity contribution in [3.63, 3.8) is 0 Å². The summed E-state index contributed by atoms with van der Waals surface area (Å²) in [5.41, 5.74) is -0.361. The summed E-state index contributed by atoms with van der Waals surface area (Å²) in [5, 5.41) is 12.8. The van der Waals surface area contributed by atoms with E-state index in [0.29, 0.717) is 5.02 Å². The van der Waals surface area contributed by atoms with E-state index in [0.717, 1.165) is 5.56 Å². The van der Waals surface area contributed by atoms with Gasteiger partial charge >= 0.3 is 5.97 Å². The zero-order valence-corrected chi connectivity index (χ0v) is 12.2. The van der Waals surface area contributed by atoms with E-state index in [-0.39, 0.29) is 12.1 Å². The molecular weight excluding hydrogens is 293 g/mol. The Morgan fingerprint density at radius 1 is 1.24 bits per heavy atom. The normalized spacial score (nSPS) is 13.5. The monoisotopic (exact) mass is 307 g/mol. The van der Waals surface area contributed by atoms with Crippen LogP contribution in [0, 0.1) is 5.82 Å². The first-order chi connectivity index (χ1) is 9.90. The number of halogens is 2. The molecule has 0 radical (unpaired) electrons. The molecule has 1 unspecified atom stereocenters. The molecule has 0 aliphatic heterocycles. The van der Waals surface area contributed by atoms with E-state index in [1.807, 2.05) is 0 Å². The molecule has 0 fully saturated rings. The smallest absolute Gasteiger partial charge is 0.329 e. The van der Waals surface area contributed by atoms with Gasteiger partial charge in [-0.15, -0.1) is 0 Å². The van der Waals surface area contributed by atoms with Crippen molar-refractivity contribution < 1.29 is 14.3 Å². The molecule has 0 saturated carbocycles. The summed E-state index contributed by atoms with van der Waals surface area (Å²) in [7, 11) is 0. The zero-order chi connectivity index (χ0) is 15.5. The maximum absolute atomic E-state index is 13.7. The topological polar surface area (TPSA) is 49.3 Å². The molecule has 2 aromatic carbocycles. The molecule has 0 aromatic heterocycles. The fourth-order valence-electron chi connectivity index (χ4n) is 2.04. The lowest BCUT2D eigenvalue weighted by Gasteiger charge is -2.28. The van der Waals surface area contributed by atoms with E-state index in [9.17, 15) is 14.3 Å². The molecule has 2 N–H and O–H groups in total. The number of hydrogen-bond donors (Lipinski definition) is 2. The molecule has 2 aromatic rings. The second-order valence-electron chi connectivity index (χ2n) is 5.05. The largest absolute Gasteiger partial charge is 0.480 e. The number of nitrogens with one attached hydrogen (secondary N) is 1. The SMILES string of the molecule is CC(Cc1ccc(Cl)cc1)(Nc1ccccc1F)C(=O)O. The number of hydrogen-bond acceptors (Lipinski definition) is 2. The van der Waals surface area contributed by atoms with E-state index in [1.54, 1.807) is 36.4 Å². The number of rotatable bonds is 5. The number of carbonyl (C=O) groups is 1. The maximum Gasteiger partial charge on any atom is 0.329 e. The summed E-state index contributed by atoms with van der Waals surface area (Å²) in [6.07, 6.45) is 0.202. The lowest BCUT2D eigenvalue weighted by atomic mass is 9.92. The van der Waals surface area contributed by atoms with Gasteiger partial charge in [0.05, 0.1) is 5.69 Å². The number of anilines is 1. The van der Waals surface area contributed by atoms with Crippen molar-refractivity contribution in [3.8, 4) is 0 Å². The molecule has 0 saturated heterocycles. The third kappa shape index (κ3) is 3.73. The standard InChI is InChI=1S/C16H15ClFNO2/c1-16(15(20)21,10-11-6-8-12(17)9-7-11)19-14-5-3-2-4-13(14)18/h2-9,19H,10H2,1H3,(H,20,21). The first-order valence-electron chi connectivity index (χ1n) is 6.41. The van der Waals surface area contributed by atoms with Crippen LogP contribution in [0.5, 0.6) is 0 Å². The number of benzene rings is 2. The number of aliphatic carboxylic acids is 1. The molecule has 3 nitrogen and oxygen atoms in total. The minimum absolute atomic E-state index is 0.163. The predicted molar refractivity (Wildman–Crippen MR) is 81.2 cm³/mol. The highest BCUT2D eigenvalue weighted by atomic mass is 35.5. The Balaban J connectivity index is 2.26. The molecule has 1 atom stereocenters. The van der Waals surface area contributed by atoms with E-state index < -0.39 is 17.3 Å². The Morgan fingerprint density at radius 3 is 2.43 bits per heavy atom. The van der Waals surface area contributed by atoms with Gasteiger partial charge in [0.1, 0.15) is 11.4 Å². The third-order valence-electron chi connectivity index (χ3n) is 3.23. The van der Waals surface area contributed by atoms with Crippen LogP contribution in [0.2, 0.25) is 5.02 Å². The lowest BCUT2D eigenvalue weighted by Crippen LogP contribution is -2.45. The Labute approximate surface area is 127 Å². The van der Waals surface area contributed by atoms with Gasteiger partial charge in [0.25, 0.3) is 0 Å². The van der Waals surface area contributed by atoms with Gasteiger partial charge in [-0.1, -0.05) is 35.9 Å². The number of carboxylic acids is 1. The lowest BCUT2D eigenvalue weighted by molar-refractivity contribution is -0.141. The minimum atomic E-state index is -1.32. The minimum Gasteiger partial charge on any atom is -0.480 e. The van der Waals surface area contributed by atoms with Gasteiger partial charge in [-0.05, 0) is 36.8 Å². The Kier molecular flexibility index (Phi) is 4.48. The molecule has 5 heteroatoms. The van der Waals surface area contributed by atoms with Crippen LogP contribution >= 0.6 is 11.6 Å². The molecule has 0 bridgehead atoms. The summed E-state index contributed by atoms with van der Waals surface area (Å²) in [4.78, 5) is 11.6. The highest BCUT2D eigenvalue weighted by molar-refractivity contribution is 6.30. The highest BCUT2D eigenvalue weighted by Crippen LogP contribution is 2.23. The van der Waals surface area contributed by atoms with E-state index >= 15 is 0 Å². The number of para-hydroxylation sites is 1. The van der Waals surface area contributed by atoms with Crippen LogP contribution in [0.25, 0.3) is 0 Å². The van der Waals surface area contributed by atoms with Crippen LogP contribution in [0.3, 0.4) is 0 Å². The quantitative estimate of drug-likeness (QED) is 0.878. The predicted octanol–water partition coefficient (Wildman–Crippen LogP) is 3.98. The fourth-order valence-corrected chi connectivity index (χ4v) is 2.17. The van der Waals surface area contributed by atoms with Crippen molar-refractivity contribution >= 4 is 23.3 Å². The van der Waals surface area contributed by atoms with Crippen LogP contribution in [-0.2, 0) is 11.2 Å². The Morgan fingerprint density at radius 2 is 1.86 bits per heavy atom. The summed E-state index contributed by atoms with van der Waals surface area (Å²) >= 11 is 5.81. The molecule has 0 amide bonds. The molecule has 0 aliphatic carbocycles. The van der Waals surface area contributed by atoms with Crippen molar-refractivity contribution in [1.82, 2.24) is 0 Å². The molecule has 21 heavy (non-hydrogen) atoms. The van der Waals surface area contributed by atoms with Crippen molar-refractivity contribution in [2.24, 2.45) is 0 Å². The van der Waals surface area contributed by atoms with Crippen molar-refractivity contribution in [3.05, 3.63) is 64.9 Å². The first kappa shape index (κ1) is 15.3. The average molecular weight is 308 g/mol. The highest BCUT2D eigenvalue weighted by Gasteiger charge is 2.33. The first-order valence-corrected chi connectivity index (χ1v) is 6.79. The van der Waals surface area contributed by atoms with E-state index in [1.165, 1.54) is 19.1 Å². The van der Waals surface area contributed by atoms with Crippen molar-refractivity contribution in [1.29, 1.82) is 0 Å². The van der Waals surface area contributed by atoms with E-state index in [4.69, 9.17) is 11.6 Å². The molecule has 0 spiro atoms. The summed E-state index contributed by atoms with van der Waals surface area (Å²) in [6, 6.07) is 12.9. The molecule has 0 heterocycles. The van der Waals surface area contributed by atoms with Crippen molar-refractivity contribution in [2.75, 3.05) is 5.32 Å². The van der Waals surface area contributed by atoms with Gasteiger partial charge in [-0.2, -0.15) is 0 Å². The summed E-state index contributed by atoms with van der Waals surface area (Å²) in [5.74, 6) is -1.54. The Bertz CT molecular complexity index is 645. The molecular formula is C16H15ClFNO2. The third-order valence-corrected chi connectivity index (χ3v) is 3.48. The molecule has 2 rings (SSSR count). The summed E-state index contributed by atoms with van der Waals surface area (Å²) in [6.45, 7) is 1.52. The Hall–Kier alpha value is -2.07. The van der Waals surface area contributed by atoms with Gasteiger partial charge in [0.15, 0.2) is 0 Å². The molecule has 110 valence electrons. The van der Waals surface area contributed by atoms with Crippen LogP contribution in [-0.4, -0.2) is 16.6 Å². The van der Waals surface area contributed by atoms with Gasteiger partial charge in [-0.3, -0.25) is 0 Å². The summed E-state index contributed by atoms with van der Waals surface area (Å²) < 4.78 is 13.7. The second-order valence-corrected chi connectivity index (χ2v) is 5.48. The zero-order valence-electron chi connectivity index (χ0n) is 11.4. The van der Waals surface area contributed by atoms with Crippen LogP contribution in [0.15, 0.2) is 48.5 Å². The van der Waals surface area contributed by atoms with Gasteiger partial charge in [0.2, 0.25) is 0 Å².